The number of halogens is 9. The van der Waals surface area contributed by atoms with E-state index in [9.17, 15) is 35.1 Å². The van der Waals surface area contributed by atoms with Gasteiger partial charge in [-0.05, 0) is 17.7 Å². The number of benzene rings is 1. The summed E-state index contributed by atoms with van der Waals surface area (Å²) >= 11 is 0. The van der Waals surface area contributed by atoms with Gasteiger partial charge in [-0.25, -0.2) is 0 Å². The van der Waals surface area contributed by atoms with Gasteiger partial charge in [0, 0.05) is 0 Å². The lowest BCUT2D eigenvalue weighted by Gasteiger charge is -2.28. The number of ether oxygens (including phenoxy) is 1. The second-order valence-electron chi connectivity index (χ2n) is 4.05. The number of methoxy groups -OCH3 is 1. The molecule has 0 spiro atoms. The largest absolute Gasteiger partial charge is 0.497 e. The summed E-state index contributed by atoms with van der Waals surface area (Å²) in [6, 6.07) is -1.63. The molecule has 0 saturated carbocycles. The van der Waals surface area contributed by atoms with Crippen molar-refractivity contribution in [1.82, 2.24) is 0 Å². The molecule has 0 fully saturated rings. The molecular weight excluding hydrogens is 350 g/mol. The maximum atomic E-state index is 13.1. The van der Waals surface area contributed by atoms with Gasteiger partial charge >= 0.3 is 18.3 Å². The van der Waals surface area contributed by atoms with Crippen molar-refractivity contribution in [2.24, 2.45) is 5.73 Å². The highest BCUT2D eigenvalue weighted by molar-refractivity contribution is 5.85. The van der Waals surface area contributed by atoms with Crippen molar-refractivity contribution >= 4 is 12.4 Å². The van der Waals surface area contributed by atoms with Crippen LogP contribution in [0.25, 0.3) is 0 Å². The Labute approximate surface area is 125 Å². The minimum atomic E-state index is -6.07. The Balaban J connectivity index is 0.00000441. The van der Waals surface area contributed by atoms with Crippen molar-refractivity contribution in [3.05, 3.63) is 29.3 Å². The summed E-state index contributed by atoms with van der Waals surface area (Å²) in [5, 5.41) is 0. The average Bonchev–Trinajstić information content (AvgIpc) is 2.34. The molecule has 128 valence electrons. The third kappa shape index (κ3) is 3.92. The molecule has 1 aromatic carbocycles. The molecule has 0 aliphatic rings. The summed E-state index contributed by atoms with van der Waals surface area (Å²) < 4.78 is 106. The zero-order valence-corrected chi connectivity index (χ0v) is 11.5. The van der Waals surface area contributed by atoms with Crippen molar-refractivity contribution in [2.45, 2.75) is 24.3 Å². The van der Waals surface area contributed by atoms with Crippen LogP contribution in [0.5, 0.6) is 5.75 Å². The Morgan fingerprint density at radius 3 is 1.86 bits per heavy atom. The van der Waals surface area contributed by atoms with E-state index in [0.29, 0.717) is 12.1 Å². The van der Waals surface area contributed by atoms with Crippen molar-refractivity contribution in [3.63, 3.8) is 0 Å². The van der Waals surface area contributed by atoms with Gasteiger partial charge in [0.05, 0.1) is 12.7 Å². The van der Waals surface area contributed by atoms with Crippen LogP contribution < -0.4 is 10.5 Å². The van der Waals surface area contributed by atoms with Gasteiger partial charge in [-0.15, -0.1) is 12.4 Å². The van der Waals surface area contributed by atoms with Crippen LogP contribution in [-0.4, -0.2) is 19.2 Å². The summed E-state index contributed by atoms with van der Waals surface area (Å²) in [6.45, 7) is 0. The molecule has 0 saturated heterocycles. The molecule has 0 aliphatic heterocycles. The first-order chi connectivity index (χ1) is 9.32. The van der Waals surface area contributed by atoms with Crippen LogP contribution in [0, 0.1) is 0 Å². The van der Waals surface area contributed by atoms with E-state index in [2.05, 4.69) is 4.74 Å². The van der Waals surface area contributed by atoms with E-state index < -0.39 is 35.4 Å². The first-order valence-electron chi connectivity index (χ1n) is 5.27. The monoisotopic (exact) mass is 359 g/mol. The number of hydrogen-bond acceptors (Lipinski definition) is 2. The Morgan fingerprint density at radius 1 is 1.00 bits per heavy atom. The van der Waals surface area contributed by atoms with Crippen molar-refractivity contribution in [3.8, 4) is 5.75 Å². The van der Waals surface area contributed by atoms with Crippen LogP contribution in [0.3, 0.4) is 0 Å². The first-order valence-corrected chi connectivity index (χ1v) is 5.27. The van der Waals surface area contributed by atoms with E-state index in [-0.39, 0.29) is 18.2 Å². The fourth-order valence-corrected chi connectivity index (χ4v) is 1.55. The van der Waals surface area contributed by atoms with E-state index >= 15 is 0 Å². The minimum absolute atomic E-state index is 0. The highest BCUT2D eigenvalue weighted by Crippen LogP contribution is 2.46. The molecule has 0 aromatic heterocycles. The number of rotatable bonds is 3. The van der Waals surface area contributed by atoms with Crippen LogP contribution in [0.2, 0.25) is 0 Å². The Morgan fingerprint density at radius 2 is 1.50 bits per heavy atom. The topological polar surface area (TPSA) is 35.2 Å². The third-order valence-corrected chi connectivity index (χ3v) is 2.67. The summed E-state index contributed by atoms with van der Waals surface area (Å²) in [4.78, 5) is 0. The molecular formula is C11H10ClF8NO. The maximum Gasteiger partial charge on any atom is 0.455 e. The standard InChI is InChI=1S/C11H9F8NO.ClH/c1-21-5-2-3-6(7(4-5)10(14,15)16)8(20)9(12,13)11(17,18)19;/h2-4,8H,20H2,1H3;1H/t8-;/m1./s1. The lowest BCUT2D eigenvalue weighted by Crippen LogP contribution is -2.46. The fraction of sp³-hybridized carbons (Fsp3) is 0.455. The van der Waals surface area contributed by atoms with Gasteiger partial charge in [-0.2, -0.15) is 35.1 Å². The summed E-state index contributed by atoms with van der Waals surface area (Å²) in [5.74, 6) is -5.87. The van der Waals surface area contributed by atoms with Gasteiger partial charge in [0.2, 0.25) is 0 Å². The molecule has 0 radical (unpaired) electrons. The lowest BCUT2D eigenvalue weighted by atomic mass is 9.95. The molecule has 1 aromatic rings. The average molecular weight is 360 g/mol. The van der Waals surface area contributed by atoms with Crippen molar-refractivity contribution < 1.29 is 39.9 Å². The summed E-state index contributed by atoms with van der Waals surface area (Å²) in [5.41, 5.74) is 1.66. The normalized spacial score (nSPS) is 14.3. The minimum Gasteiger partial charge on any atom is -0.497 e. The quantitative estimate of drug-likeness (QED) is 0.815. The maximum absolute atomic E-state index is 13.1. The number of hydrogen-bond donors (Lipinski definition) is 1. The molecule has 1 rings (SSSR count). The van der Waals surface area contributed by atoms with Crippen LogP contribution >= 0.6 is 12.4 Å². The van der Waals surface area contributed by atoms with Crippen LogP contribution in [0.1, 0.15) is 17.2 Å². The van der Waals surface area contributed by atoms with E-state index in [1.165, 1.54) is 0 Å². The van der Waals surface area contributed by atoms with E-state index in [1.807, 2.05) is 0 Å². The molecule has 2 nitrogen and oxygen atoms in total. The smallest absolute Gasteiger partial charge is 0.455 e. The molecule has 22 heavy (non-hydrogen) atoms. The van der Waals surface area contributed by atoms with E-state index in [1.54, 1.807) is 0 Å². The highest BCUT2D eigenvalue weighted by atomic mass is 35.5. The van der Waals surface area contributed by atoms with Gasteiger partial charge in [0.25, 0.3) is 0 Å². The Kier molecular flexibility index (Phi) is 6.07. The van der Waals surface area contributed by atoms with E-state index in [4.69, 9.17) is 5.73 Å². The summed E-state index contributed by atoms with van der Waals surface area (Å²) in [7, 11) is 1.01. The van der Waals surface area contributed by atoms with Crippen LogP contribution in [0.4, 0.5) is 35.1 Å². The van der Waals surface area contributed by atoms with Crippen molar-refractivity contribution in [2.75, 3.05) is 7.11 Å². The molecule has 0 bridgehead atoms. The van der Waals surface area contributed by atoms with Gasteiger partial charge in [0.1, 0.15) is 11.8 Å². The second-order valence-corrected chi connectivity index (χ2v) is 4.05. The fourth-order valence-electron chi connectivity index (χ4n) is 1.55. The van der Waals surface area contributed by atoms with Crippen molar-refractivity contribution in [1.29, 1.82) is 0 Å². The molecule has 0 aliphatic carbocycles. The molecule has 0 heterocycles. The highest BCUT2D eigenvalue weighted by Gasteiger charge is 2.62. The summed E-state index contributed by atoms with van der Waals surface area (Å²) in [6.07, 6.45) is -11.2. The number of alkyl halides is 8. The SMILES string of the molecule is COc1ccc([C@@H](N)C(F)(F)C(F)(F)F)c(C(F)(F)F)c1.Cl. The second kappa shape index (κ2) is 6.45. The van der Waals surface area contributed by atoms with E-state index in [0.717, 1.165) is 13.2 Å². The van der Waals surface area contributed by atoms with Gasteiger partial charge in [0.15, 0.2) is 0 Å². The molecule has 0 amide bonds. The predicted octanol–water partition coefficient (Wildman–Crippen LogP) is 4.33. The third-order valence-electron chi connectivity index (χ3n) is 2.67. The van der Waals surface area contributed by atoms with Crippen LogP contribution in [-0.2, 0) is 6.18 Å². The van der Waals surface area contributed by atoms with Gasteiger partial charge < -0.3 is 10.5 Å². The lowest BCUT2D eigenvalue weighted by molar-refractivity contribution is -0.291. The Hall–Kier alpha value is -1.29. The zero-order valence-electron chi connectivity index (χ0n) is 10.7. The molecule has 11 heteroatoms. The predicted molar refractivity (Wildman–Crippen MR) is 63.2 cm³/mol. The van der Waals surface area contributed by atoms with Gasteiger partial charge in [-0.3, -0.25) is 0 Å². The number of nitrogens with two attached hydrogens (primary N) is 1. The molecule has 2 N–H and O–H groups in total. The van der Waals surface area contributed by atoms with Gasteiger partial charge in [-0.1, -0.05) is 6.07 Å². The molecule has 0 unspecified atom stereocenters. The van der Waals surface area contributed by atoms with Crippen LogP contribution in [0.15, 0.2) is 18.2 Å². The first kappa shape index (κ1) is 20.7. The Bertz CT molecular complexity index is 514. The zero-order chi connectivity index (χ0) is 16.6. The molecule has 1 atom stereocenters.